The molecule has 0 bridgehead atoms. The molecule has 5 heteroatoms. The number of rotatable bonds is 3. The molecule has 98 valence electrons. The van der Waals surface area contributed by atoms with Gasteiger partial charge in [-0.05, 0) is 41.1 Å². The fourth-order valence-corrected chi connectivity index (χ4v) is 1.91. The average Bonchev–Trinajstić information content (AvgIpc) is 2.39. The smallest absolute Gasteiger partial charge is 0.257 e. The monoisotopic (exact) mass is 320 g/mol. The van der Waals surface area contributed by atoms with Crippen LogP contribution < -0.4 is 5.32 Å². The summed E-state index contributed by atoms with van der Waals surface area (Å²) < 4.78 is 0.674. The molecule has 0 saturated carbocycles. The zero-order chi connectivity index (χ0) is 13.8. The lowest BCUT2D eigenvalue weighted by molar-refractivity contribution is 0.102. The van der Waals surface area contributed by atoms with Crippen LogP contribution in [0.5, 0.6) is 0 Å². The van der Waals surface area contributed by atoms with Gasteiger partial charge in [-0.2, -0.15) is 0 Å². The lowest BCUT2D eigenvalue weighted by atomic mass is 10.1. The summed E-state index contributed by atoms with van der Waals surface area (Å²) in [6.07, 6.45) is 0.851. The van der Waals surface area contributed by atoms with Gasteiger partial charge in [-0.15, -0.1) is 0 Å². The molecule has 0 fully saturated rings. The first-order chi connectivity index (χ1) is 9.08. The number of pyridine rings is 1. The number of aromatic nitrogens is 1. The number of nitrogens with one attached hydrogen (secondary N) is 1. The molecule has 2 aromatic rings. The van der Waals surface area contributed by atoms with Crippen molar-refractivity contribution < 1.29 is 9.90 Å². The van der Waals surface area contributed by atoms with Crippen LogP contribution in [-0.4, -0.2) is 16.0 Å². The molecule has 2 rings (SSSR count). The van der Waals surface area contributed by atoms with Crippen molar-refractivity contribution in [1.29, 1.82) is 0 Å². The van der Waals surface area contributed by atoms with E-state index >= 15 is 0 Å². The molecular formula is C14H13BrN2O2. The van der Waals surface area contributed by atoms with Crippen molar-refractivity contribution in [3.63, 3.8) is 0 Å². The number of carbonyl (C=O) groups is 1. The molecule has 4 nitrogen and oxygen atoms in total. The van der Waals surface area contributed by atoms with Gasteiger partial charge in [0.2, 0.25) is 0 Å². The molecule has 0 aliphatic carbocycles. The SMILES string of the molecule is CC(O)c1ccccc1NC(=O)c1ccc(Br)nc1. The van der Waals surface area contributed by atoms with E-state index in [2.05, 4.69) is 26.2 Å². The molecule has 1 amide bonds. The van der Waals surface area contributed by atoms with Crippen molar-refractivity contribution in [1.82, 2.24) is 4.98 Å². The fraction of sp³-hybridized carbons (Fsp3) is 0.143. The van der Waals surface area contributed by atoms with E-state index in [-0.39, 0.29) is 5.91 Å². The summed E-state index contributed by atoms with van der Waals surface area (Å²) in [6.45, 7) is 1.66. The number of carbonyl (C=O) groups excluding carboxylic acids is 1. The molecule has 0 aliphatic rings. The Morgan fingerprint density at radius 2 is 2.05 bits per heavy atom. The maximum Gasteiger partial charge on any atom is 0.257 e. The lowest BCUT2D eigenvalue weighted by Gasteiger charge is -2.12. The third-order valence-corrected chi connectivity index (χ3v) is 3.12. The van der Waals surface area contributed by atoms with Crippen molar-refractivity contribution in [3.8, 4) is 0 Å². The highest BCUT2D eigenvalue weighted by Gasteiger charge is 2.11. The van der Waals surface area contributed by atoms with Gasteiger partial charge in [-0.25, -0.2) is 4.98 Å². The number of amides is 1. The van der Waals surface area contributed by atoms with E-state index in [0.29, 0.717) is 21.4 Å². The van der Waals surface area contributed by atoms with Crippen molar-refractivity contribution in [3.05, 3.63) is 58.3 Å². The molecule has 1 aromatic heterocycles. The number of halogens is 1. The van der Waals surface area contributed by atoms with Gasteiger partial charge in [0, 0.05) is 17.4 Å². The molecule has 1 atom stereocenters. The number of para-hydroxylation sites is 1. The van der Waals surface area contributed by atoms with Crippen LogP contribution in [0.1, 0.15) is 28.9 Å². The lowest BCUT2D eigenvalue weighted by Crippen LogP contribution is -2.14. The summed E-state index contributed by atoms with van der Waals surface area (Å²) in [5, 5.41) is 12.4. The summed E-state index contributed by atoms with van der Waals surface area (Å²) in [4.78, 5) is 16.1. The van der Waals surface area contributed by atoms with Crippen molar-refractivity contribution in [2.24, 2.45) is 0 Å². The van der Waals surface area contributed by atoms with Gasteiger partial charge in [0.25, 0.3) is 5.91 Å². The Hall–Kier alpha value is -1.72. The zero-order valence-corrected chi connectivity index (χ0v) is 11.9. The van der Waals surface area contributed by atoms with Crippen molar-refractivity contribution in [2.45, 2.75) is 13.0 Å². The number of hydrogen-bond acceptors (Lipinski definition) is 3. The highest BCUT2D eigenvalue weighted by Crippen LogP contribution is 2.22. The van der Waals surface area contributed by atoms with Crippen LogP contribution in [0.2, 0.25) is 0 Å². The second-order valence-corrected chi connectivity index (χ2v) is 4.90. The molecule has 0 aliphatic heterocycles. The van der Waals surface area contributed by atoms with Gasteiger partial charge < -0.3 is 10.4 Å². The minimum Gasteiger partial charge on any atom is -0.389 e. The number of benzene rings is 1. The Morgan fingerprint density at radius 3 is 2.68 bits per heavy atom. The predicted molar refractivity (Wildman–Crippen MR) is 77.0 cm³/mol. The number of nitrogens with zero attached hydrogens (tertiary/aromatic N) is 1. The summed E-state index contributed by atoms with van der Waals surface area (Å²) in [5.74, 6) is -0.256. The summed E-state index contributed by atoms with van der Waals surface area (Å²) in [5.41, 5.74) is 1.75. The number of anilines is 1. The number of aliphatic hydroxyl groups is 1. The van der Waals surface area contributed by atoms with Crippen LogP contribution in [0.25, 0.3) is 0 Å². The first-order valence-corrected chi connectivity index (χ1v) is 6.57. The van der Waals surface area contributed by atoms with Crippen LogP contribution in [0.3, 0.4) is 0 Å². The Kier molecular flexibility index (Phi) is 4.29. The average molecular weight is 321 g/mol. The Balaban J connectivity index is 2.22. The Labute approximate surface area is 119 Å². The van der Waals surface area contributed by atoms with E-state index in [0.717, 1.165) is 0 Å². The Morgan fingerprint density at radius 1 is 1.32 bits per heavy atom. The molecule has 0 radical (unpaired) electrons. The van der Waals surface area contributed by atoms with Crippen LogP contribution in [0, 0.1) is 0 Å². The molecular weight excluding hydrogens is 308 g/mol. The van der Waals surface area contributed by atoms with Gasteiger partial charge >= 0.3 is 0 Å². The predicted octanol–water partition coefficient (Wildman–Crippen LogP) is 3.15. The molecule has 1 unspecified atom stereocenters. The third kappa shape index (κ3) is 3.39. The van der Waals surface area contributed by atoms with E-state index in [1.54, 1.807) is 37.3 Å². The second-order valence-electron chi connectivity index (χ2n) is 4.09. The van der Waals surface area contributed by atoms with E-state index in [1.165, 1.54) is 6.20 Å². The first-order valence-electron chi connectivity index (χ1n) is 5.78. The minimum absolute atomic E-state index is 0.256. The molecule has 0 saturated heterocycles. The van der Waals surface area contributed by atoms with E-state index in [9.17, 15) is 9.90 Å². The van der Waals surface area contributed by atoms with Gasteiger partial charge in [0.15, 0.2) is 0 Å². The normalized spacial score (nSPS) is 11.9. The third-order valence-electron chi connectivity index (χ3n) is 2.65. The van der Waals surface area contributed by atoms with E-state index in [4.69, 9.17) is 0 Å². The first kappa shape index (κ1) is 13.7. The fourth-order valence-electron chi connectivity index (χ4n) is 1.68. The van der Waals surface area contributed by atoms with Crippen LogP contribution >= 0.6 is 15.9 Å². The van der Waals surface area contributed by atoms with Crippen LogP contribution in [0.4, 0.5) is 5.69 Å². The minimum atomic E-state index is -0.639. The highest BCUT2D eigenvalue weighted by atomic mass is 79.9. The second kappa shape index (κ2) is 5.95. The Bertz CT molecular complexity index is 582. The summed E-state index contributed by atoms with van der Waals surface area (Å²) >= 11 is 3.22. The van der Waals surface area contributed by atoms with E-state index in [1.807, 2.05) is 6.07 Å². The highest BCUT2D eigenvalue weighted by molar-refractivity contribution is 9.10. The van der Waals surface area contributed by atoms with Crippen LogP contribution in [0.15, 0.2) is 47.2 Å². The molecule has 1 heterocycles. The van der Waals surface area contributed by atoms with Crippen LogP contribution in [-0.2, 0) is 0 Å². The largest absolute Gasteiger partial charge is 0.389 e. The van der Waals surface area contributed by atoms with Gasteiger partial charge in [-0.3, -0.25) is 4.79 Å². The molecule has 1 aromatic carbocycles. The van der Waals surface area contributed by atoms with E-state index < -0.39 is 6.10 Å². The standard InChI is InChI=1S/C14H13BrN2O2/c1-9(18)11-4-2-3-5-12(11)17-14(19)10-6-7-13(15)16-8-10/h2-9,18H,1H3,(H,17,19). The topological polar surface area (TPSA) is 62.2 Å². The van der Waals surface area contributed by atoms with Crippen molar-refractivity contribution >= 4 is 27.5 Å². The zero-order valence-electron chi connectivity index (χ0n) is 10.3. The molecule has 0 spiro atoms. The molecule has 2 N–H and O–H groups in total. The van der Waals surface area contributed by atoms with Gasteiger partial charge in [-0.1, -0.05) is 18.2 Å². The molecule has 19 heavy (non-hydrogen) atoms. The number of hydrogen-bond donors (Lipinski definition) is 2. The summed E-state index contributed by atoms with van der Waals surface area (Å²) in [7, 11) is 0. The maximum absolute atomic E-state index is 12.1. The maximum atomic E-state index is 12.1. The summed E-state index contributed by atoms with van der Waals surface area (Å²) in [6, 6.07) is 10.5. The number of aliphatic hydroxyl groups excluding tert-OH is 1. The van der Waals surface area contributed by atoms with Gasteiger partial charge in [0.05, 0.1) is 11.7 Å². The van der Waals surface area contributed by atoms with Crippen molar-refractivity contribution in [2.75, 3.05) is 5.32 Å². The van der Waals surface area contributed by atoms with Gasteiger partial charge in [0.1, 0.15) is 4.60 Å². The quantitative estimate of drug-likeness (QED) is 0.854.